The quantitative estimate of drug-likeness (QED) is 0.282. The van der Waals surface area contributed by atoms with Gasteiger partial charge in [0.25, 0.3) is 5.91 Å². The standard InChI is InChI=1S/C28H29N3O3S/c1-19-9-13-24(14-10-19)35-16-15-29-25(32)18-31-26(33)28(30-27(31)34,22-7-5-4-6-8-22)23-12-11-20(2)21(3)17-23/h4-14,17H,15-16,18H2,1-3H3,(H,29,32)(H,30,34)/t28-/m1/s1. The molecule has 180 valence electrons. The van der Waals surface area contributed by atoms with Crippen LogP contribution >= 0.6 is 11.8 Å². The van der Waals surface area contributed by atoms with Gasteiger partial charge >= 0.3 is 6.03 Å². The second-order valence-electron chi connectivity index (χ2n) is 8.75. The average molecular weight is 488 g/mol. The van der Waals surface area contributed by atoms with E-state index in [-0.39, 0.29) is 12.5 Å². The number of urea groups is 1. The van der Waals surface area contributed by atoms with Crippen molar-refractivity contribution in [2.45, 2.75) is 31.2 Å². The highest BCUT2D eigenvalue weighted by atomic mass is 32.2. The topological polar surface area (TPSA) is 78.5 Å². The van der Waals surface area contributed by atoms with Crippen molar-refractivity contribution >= 4 is 29.6 Å². The summed E-state index contributed by atoms with van der Waals surface area (Å²) < 4.78 is 0. The molecule has 4 rings (SSSR count). The third kappa shape index (κ3) is 5.10. The fraction of sp³-hybridized carbons (Fsp3) is 0.250. The van der Waals surface area contributed by atoms with Crippen LogP contribution in [0, 0.1) is 20.8 Å². The van der Waals surface area contributed by atoms with E-state index in [1.807, 2.05) is 93.6 Å². The number of amides is 4. The Morgan fingerprint density at radius 1 is 0.914 bits per heavy atom. The van der Waals surface area contributed by atoms with Crippen molar-refractivity contribution in [3.05, 3.63) is 101 Å². The van der Waals surface area contributed by atoms with Crippen molar-refractivity contribution in [3.8, 4) is 0 Å². The number of hydrogen-bond donors (Lipinski definition) is 2. The first-order chi connectivity index (χ1) is 16.8. The zero-order valence-corrected chi connectivity index (χ0v) is 20.9. The van der Waals surface area contributed by atoms with Gasteiger partial charge in [0, 0.05) is 17.2 Å². The largest absolute Gasteiger partial charge is 0.354 e. The second kappa shape index (κ2) is 10.4. The van der Waals surface area contributed by atoms with Gasteiger partial charge in [0.15, 0.2) is 5.54 Å². The second-order valence-corrected chi connectivity index (χ2v) is 9.92. The summed E-state index contributed by atoms with van der Waals surface area (Å²) in [5.74, 6) is -0.144. The fourth-order valence-electron chi connectivity index (χ4n) is 4.13. The number of carbonyl (C=O) groups is 3. The molecule has 0 saturated carbocycles. The van der Waals surface area contributed by atoms with Crippen molar-refractivity contribution in [2.75, 3.05) is 18.8 Å². The van der Waals surface area contributed by atoms with Gasteiger partial charge in [-0.25, -0.2) is 4.79 Å². The molecule has 1 heterocycles. The number of benzene rings is 3. The lowest BCUT2D eigenvalue weighted by molar-refractivity contribution is -0.134. The molecular weight excluding hydrogens is 458 g/mol. The minimum absolute atomic E-state index is 0.334. The maximum absolute atomic E-state index is 13.8. The van der Waals surface area contributed by atoms with E-state index in [1.165, 1.54) is 5.56 Å². The van der Waals surface area contributed by atoms with Gasteiger partial charge in [-0.2, -0.15) is 0 Å². The summed E-state index contributed by atoms with van der Waals surface area (Å²) in [4.78, 5) is 41.5. The number of imide groups is 1. The maximum atomic E-state index is 13.8. The Hall–Kier alpha value is -3.58. The maximum Gasteiger partial charge on any atom is 0.326 e. The highest BCUT2D eigenvalue weighted by molar-refractivity contribution is 7.99. The van der Waals surface area contributed by atoms with E-state index in [4.69, 9.17) is 0 Å². The number of thioether (sulfide) groups is 1. The van der Waals surface area contributed by atoms with Gasteiger partial charge in [-0.15, -0.1) is 11.8 Å². The lowest BCUT2D eigenvalue weighted by Gasteiger charge is -2.28. The summed E-state index contributed by atoms with van der Waals surface area (Å²) in [7, 11) is 0. The van der Waals surface area contributed by atoms with Gasteiger partial charge in [0.1, 0.15) is 6.54 Å². The lowest BCUT2D eigenvalue weighted by Crippen LogP contribution is -2.46. The molecule has 7 heteroatoms. The van der Waals surface area contributed by atoms with E-state index in [0.717, 1.165) is 20.9 Å². The first-order valence-electron chi connectivity index (χ1n) is 11.5. The van der Waals surface area contributed by atoms with Crippen molar-refractivity contribution in [3.63, 3.8) is 0 Å². The Balaban J connectivity index is 1.48. The number of aryl methyl sites for hydroxylation is 3. The summed E-state index contributed by atoms with van der Waals surface area (Å²) in [6.45, 7) is 6.11. The molecule has 1 aliphatic heterocycles. The number of nitrogens with one attached hydrogen (secondary N) is 2. The molecule has 0 spiro atoms. The molecule has 3 aromatic rings. The third-order valence-electron chi connectivity index (χ3n) is 6.27. The third-order valence-corrected chi connectivity index (χ3v) is 7.28. The molecule has 1 fully saturated rings. The zero-order chi connectivity index (χ0) is 25.0. The van der Waals surface area contributed by atoms with Crippen LogP contribution in [-0.2, 0) is 15.1 Å². The van der Waals surface area contributed by atoms with Crippen molar-refractivity contribution < 1.29 is 14.4 Å². The van der Waals surface area contributed by atoms with Gasteiger partial charge < -0.3 is 10.6 Å². The van der Waals surface area contributed by atoms with Crippen LogP contribution in [0.3, 0.4) is 0 Å². The molecule has 35 heavy (non-hydrogen) atoms. The highest BCUT2D eigenvalue weighted by Crippen LogP contribution is 2.36. The van der Waals surface area contributed by atoms with Gasteiger partial charge in [-0.1, -0.05) is 66.2 Å². The molecule has 1 aliphatic rings. The summed E-state index contributed by atoms with van der Waals surface area (Å²) >= 11 is 1.64. The first kappa shape index (κ1) is 24.5. The fourth-order valence-corrected chi connectivity index (χ4v) is 4.90. The number of carbonyl (C=O) groups excluding carboxylic acids is 3. The van der Waals surface area contributed by atoms with Gasteiger partial charge in [-0.3, -0.25) is 14.5 Å². The van der Waals surface area contributed by atoms with Crippen LogP contribution in [0.25, 0.3) is 0 Å². The van der Waals surface area contributed by atoms with Gasteiger partial charge in [0.05, 0.1) is 0 Å². The molecule has 4 amide bonds. The number of rotatable bonds is 8. The van der Waals surface area contributed by atoms with Crippen molar-refractivity contribution in [1.29, 1.82) is 0 Å². The van der Waals surface area contributed by atoms with Crippen LogP contribution in [0.15, 0.2) is 77.7 Å². The Kier molecular flexibility index (Phi) is 7.26. The Morgan fingerprint density at radius 3 is 2.31 bits per heavy atom. The van der Waals surface area contributed by atoms with Crippen molar-refractivity contribution in [1.82, 2.24) is 15.5 Å². The first-order valence-corrected chi connectivity index (χ1v) is 12.5. The minimum Gasteiger partial charge on any atom is -0.354 e. The highest BCUT2D eigenvalue weighted by Gasteiger charge is 2.54. The van der Waals surface area contributed by atoms with E-state index >= 15 is 0 Å². The Labute approximate surface area is 210 Å². The summed E-state index contributed by atoms with van der Waals surface area (Å²) in [5.41, 5.74) is 3.25. The molecule has 0 radical (unpaired) electrons. The summed E-state index contributed by atoms with van der Waals surface area (Å²) in [5, 5.41) is 5.72. The molecule has 2 N–H and O–H groups in total. The molecule has 0 aromatic heterocycles. The average Bonchev–Trinajstić information content (AvgIpc) is 3.11. The number of hydrogen-bond acceptors (Lipinski definition) is 4. The Morgan fingerprint density at radius 2 is 1.63 bits per heavy atom. The van der Waals surface area contributed by atoms with Crippen LogP contribution in [-0.4, -0.2) is 41.6 Å². The Bertz CT molecular complexity index is 1240. The van der Waals surface area contributed by atoms with Gasteiger partial charge in [-0.05, 0) is 55.2 Å². The smallest absolute Gasteiger partial charge is 0.326 e. The van der Waals surface area contributed by atoms with Crippen LogP contribution in [0.1, 0.15) is 27.8 Å². The van der Waals surface area contributed by atoms with Crippen molar-refractivity contribution in [2.24, 2.45) is 0 Å². The lowest BCUT2D eigenvalue weighted by atomic mass is 9.81. The molecule has 3 aromatic carbocycles. The zero-order valence-electron chi connectivity index (χ0n) is 20.1. The monoisotopic (exact) mass is 487 g/mol. The molecule has 6 nitrogen and oxygen atoms in total. The van der Waals surface area contributed by atoms with E-state index in [1.54, 1.807) is 11.8 Å². The summed E-state index contributed by atoms with van der Waals surface area (Å²) in [6.07, 6.45) is 0. The predicted molar refractivity (Wildman–Crippen MR) is 138 cm³/mol. The predicted octanol–water partition coefficient (Wildman–Crippen LogP) is 4.32. The van der Waals surface area contributed by atoms with Crippen LogP contribution in [0.5, 0.6) is 0 Å². The van der Waals surface area contributed by atoms with Crippen LogP contribution in [0.4, 0.5) is 4.79 Å². The molecule has 0 aliphatic carbocycles. The van der Waals surface area contributed by atoms with E-state index in [2.05, 4.69) is 10.6 Å². The molecule has 0 unspecified atom stereocenters. The molecule has 0 bridgehead atoms. The van der Waals surface area contributed by atoms with E-state index < -0.39 is 17.5 Å². The van der Waals surface area contributed by atoms with Crippen LogP contribution in [0.2, 0.25) is 0 Å². The number of nitrogens with zero attached hydrogens (tertiary/aromatic N) is 1. The summed E-state index contributed by atoms with van der Waals surface area (Å²) in [6, 6.07) is 22.5. The molecular formula is C28H29N3O3S. The normalized spacial score (nSPS) is 17.4. The van der Waals surface area contributed by atoms with E-state index in [0.29, 0.717) is 23.4 Å². The molecule has 1 saturated heterocycles. The molecule has 1 atom stereocenters. The van der Waals surface area contributed by atoms with Crippen LogP contribution < -0.4 is 10.6 Å². The van der Waals surface area contributed by atoms with Gasteiger partial charge in [0.2, 0.25) is 5.91 Å². The SMILES string of the molecule is Cc1ccc(SCCNC(=O)CN2C(=O)N[C@](c3ccccc3)(c3ccc(C)c(C)c3)C2=O)cc1. The minimum atomic E-state index is -1.38. The van der Waals surface area contributed by atoms with E-state index in [9.17, 15) is 14.4 Å².